The molecule has 2 saturated carbocycles. The van der Waals surface area contributed by atoms with Crippen LogP contribution in [0.5, 0.6) is 0 Å². The number of aliphatic hydroxyl groups excluding tert-OH is 1. The van der Waals surface area contributed by atoms with E-state index in [1.54, 1.807) is 0 Å². The van der Waals surface area contributed by atoms with Gasteiger partial charge in [-0.1, -0.05) is 18.2 Å². The van der Waals surface area contributed by atoms with Gasteiger partial charge < -0.3 is 10.1 Å². The fraction of sp³-hybridized carbons (Fsp3) is 0.435. The SMILES string of the molecule is O=c1[nH]c(C(=C[C@H]2CC[C@H](O)CC2)c2ccc(SC3CC3)cc2)ccc1C(F)(F)F. The van der Waals surface area contributed by atoms with Crippen molar-refractivity contribution in [2.24, 2.45) is 5.92 Å². The molecular weight excluding hydrogens is 411 g/mol. The standard InChI is InChI=1S/C23H24F3NO2S/c24-23(25,26)20-11-12-21(27-22(20)29)19(13-14-1-5-16(28)6-2-14)15-3-7-17(8-4-15)30-18-9-10-18/h3-4,7-8,11-14,16,18,28H,1-2,5-6,9-10H2,(H,27,29)/t14-,16-. The zero-order valence-corrected chi connectivity index (χ0v) is 17.2. The molecule has 2 fully saturated rings. The predicted octanol–water partition coefficient (Wildman–Crippen LogP) is 5.63. The number of aromatic nitrogens is 1. The topological polar surface area (TPSA) is 53.1 Å². The number of rotatable bonds is 5. The van der Waals surface area contributed by atoms with Crippen molar-refractivity contribution in [1.82, 2.24) is 4.98 Å². The Morgan fingerprint density at radius 3 is 2.23 bits per heavy atom. The highest BCUT2D eigenvalue weighted by Gasteiger charge is 2.34. The number of hydrogen-bond acceptors (Lipinski definition) is 3. The van der Waals surface area contributed by atoms with E-state index in [4.69, 9.17) is 0 Å². The van der Waals surface area contributed by atoms with Gasteiger partial charge in [-0.2, -0.15) is 13.2 Å². The number of H-pyrrole nitrogens is 1. The summed E-state index contributed by atoms with van der Waals surface area (Å²) in [6.07, 6.45) is 2.56. The van der Waals surface area contributed by atoms with Crippen molar-refractivity contribution < 1.29 is 18.3 Å². The van der Waals surface area contributed by atoms with Crippen molar-refractivity contribution in [3.8, 4) is 0 Å². The van der Waals surface area contributed by atoms with E-state index in [2.05, 4.69) is 4.98 Å². The van der Waals surface area contributed by atoms with E-state index < -0.39 is 17.3 Å². The van der Waals surface area contributed by atoms with E-state index in [1.807, 2.05) is 42.1 Å². The summed E-state index contributed by atoms with van der Waals surface area (Å²) in [6.45, 7) is 0. The van der Waals surface area contributed by atoms with Crippen LogP contribution in [0.15, 0.2) is 52.2 Å². The van der Waals surface area contributed by atoms with Crippen molar-refractivity contribution in [2.75, 3.05) is 0 Å². The Kier molecular flexibility index (Phi) is 6.11. The number of thioether (sulfide) groups is 1. The molecule has 0 atom stereocenters. The quantitative estimate of drug-likeness (QED) is 0.640. The number of nitrogens with one attached hydrogen (secondary N) is 1. The van der Waals surface area contributed by atoms with Crippen molar-refractivity contribution in [3.05, 3.63) is 69.6 Å². The summed E-state index contributed by atoms with van der Waals surface area (Å²) in [7, 11) is 0. The summed E-state index contributed by atoms with van der Waals surface area (Å²) in [5, 5.41) is 10.5. The number of alkyl halides is 3. The first-order valence-electron chi connectivity index (χ1n) is 10.3. The monoisotopic (exact) mass is 435 g/mol. The van der Waals surface area contributed by atoms with Gasteiger partial charge in [0.05, 0.1) is 6.10 Å². The van der Waals surface area contributed by atoms with Crippen molar-refractivity contribution in [1.29, 1.82) is 0 Å². The second kappa shape index (κ2) is 8.63. The highest BCUT2D eigenvalue weighted by molar-refractivity contribution is 8.00. The van der Waals surface area contributed by atoms with Gasteiger partial charge in [-0.05, 0) is 74.3 Å². The third kappa shape index (κ3) is 5.19. The van der Waals surface area contributed by atoms with Gasteiger partial charge in [0.25, 0.3) is 5.56 Å². The minimum absolute atomic E-state index is 0.203. The van der Waals surface area contributed by atoms with Crippen molar-refractivity contribution >= 4 is 17.3 Å². The van der Waals surface area contributed by atoms with Gasteiger partial charge in [0, 0.05) is 21.4 Å². The fourth-order valence-electron chi connectivity index (χ4n) is 3.79. The summed E-state index contributed by atoms with van der Waals surface area (Å²) < 4.78 is 39.0. The average molecular weight is 436 g/mol. The van der Waals surface area contributed by atoms with E-state index in [0.717, 1.165) is 30.0 Å². The molecule has 7 heteroatoms. The number of pyridine rings is 1. The number of hydrogen-bond donors (Lipinski definition) is 2. The molecule has 0 radical (unpaired) electrons. The smallest absolute Gasteiger partial charge is 0.393 e. The molecular formula is C23H24F3NO2S. The van der Waals surface area contributed by atoms with E-state index in [-0.39, 0.29) is 12.0 Å². The van der Waals surface area contributed by atoms with Crippen LogP contribution in [0.3, 0.4) is 0 Å². The van der Waals surface area contributed by atoms with Crippen LogP contribution in [-0.4, -0.2) is 21.4 Å². The second-order valence-corrected chi connectivity index (χ2v) is 9.48. The summed E-state index contributed by atoms with van der Waals surface area (Å²) in [5.41, 5.74) is -0.364. The Bertz CT molecular complexity index is 969. The first-order valence-corrected chi connectivity index (χ1v) is 11.2. The number of aromatic amines is 1. The maximum atomic E-state index is 13.0. The lowest BCUT2D eigenvalue weighted by atomic mass is 9.85. The molecule has 1 heterocycles. The number of halogens is 3. The van der Waals surface area contributed by atoms with E-state index in [9.17, 15) is 23.1 Å². The molecule has 0 amide bonds. The van der Waals surface area contributed by atoms with Crippen LogP contribution in [0.25, 0.3) is 5.57 Å². The zero-order valence-electron chi connectivity index (χ0n) is 16.4. The third-order valence-electron chi connectivity index (χ3n) is 5.64. The predicted molar refractivity (Wildman–Crippen MR) is 112 cm³/mol. The van der Waals surface area contributed by atoms with Gasteiger partial charge >= 0.3 is 6.18 Å². The van der Waals surface area contributed by atoms with Crippen LogP contribution in [-0.2, 0) is 6.18 Å². The summed E-state index contributed by atoms with van der Waals surface area (Å²) >= 11 is 1.84. The van der Waals surface area contributed by atoms with Gasteiger partial charge in [0.1, 0.15) is 5.56 Å². The Labute approximate surface area is 177 Å². The number of aliphatic hydroxyl groups is 1. The average Bonchev–Trinajstić information content (AvgIpc) is 3.51. The molecule has 160 valence electrons. The Balaban J connectivity index is 1.68. The zero-order chi connectivity index (χ0) is 21.3. The molecule has 2 aliphatic rings. The van der Waals surface area contributed by atoms with Gasteiger partial charge in [0.2, 0.25) is 0 Å². The molecule has 2 N–H and O–H groups in total. The van der Waals surface area contributed by atoms with Gasteiger partial charge in [-0.3, -0.25) is 4.79 Å². The highest BCUT2D eigenvalue weighted by atomic mass is 32.2. The molecule has 0 bridgehead atoms. The molecule has 0 aliphatic heterocycles. The van der Waals surface area contributed by atoms with Crippen LogP contribution in [0.4, 0.5) is 13.2 Å². The molecule has 0 spiro atoms. The van der Waals surface area contributed by atoms with Gasteiger partial charge in [-0.25, -0.2) is 0 Å². The molecule has 1 aromatic heterocycles. The fourth-order valence-corrected chi connectivity index (χ4v) is 4.84. The molecule has 0 unspecified atom stereocenters. The van der Waals surface area contributed by atoms with Crippen molar-refractivity contribution in [2.45, 2.75) is 61.0 Å². The van der Waals surface area contributed by atoms with Crippen LogP contribution < -0.4 is 5.56 Å². The Morgan fingerprint density at radius 1 is 1.00 bits per heavy atom. The van der Waals surface area contributed by atoms with Gasteiger partial charge in [-0.15, -0.1) is 11.8 Å². The minimum atomic E-state index is -4.68. The second-order valence-electron chi connectivity index (χ2n) is 8.10. The summed E-state index contributed by atoms with van der Waals surface area (Å²) in [4.78, 5) is 15.7. The Hall–Kier alpha value is -1.99. The lowest BCUT2D eigenvalue weighted by Gasteiger charge is -2.24. The lowest BCUT2D eigenvalue weighted by molar-refractivity contribution is -0.138. The maximum Gasteiger partial charge on any atom is 0.421 e. The van der Waals surface area contributed by atoms with Crippen LogP contribution in [0.1, 0.15) is 55.3 Å². The van der Waals surface area contributed by atoms with E-state index in [1.165, 1.54) is 23.8 Å². The summed E-state index contributed by atoms with van der Waals surface area (Å²) in [5.74, 6) is 0.203. The third-order valence-corrected chi connectivity index (χ3v) is 6.99. The lowest BCUT2D eigenvalue weighted by Crippen LogP contribution is -2.22. The van der Waals surface area contributed by atoms with Crippen LogP contribution in [0, 0.1) is 5.92 Å². The minimum Gasteiger partial charge on any atom is -0.393 e. The Morgan fingerprint density at radius 2 is 1.67 bits per heavy atom. The first kappa shape index (κ1) is 21.2. The largest absolute Gasteiger partial charge is 0.421 e. The molecule has 3 nitrogen and oxygen atoms in total. The highest BCUT2D eigenvalue weighted by Crippen LogP contribution is 2.40. The molecule has 2 aliphatic carbocycles. The molecule has 4 rings (SSSR count). The normalized spacial score (nSPS) is 22.9. The summed E-state index contributed by atoms with van der Waals surface area (Å²) in [6, 6.07) is 10.2. The number of benzene rings is 1. The first-order chi connectivity index (χ1) is 14.3. The molecule has 2 aromatic rings. The number of allylic oxidation sites excluding steroid dienone is 1. The maximum absolute atomic E-state index is 13.0. The van der Waals surface area contributed by atoms with E-state index in [0.29, 0.717) is 23.8 Å². The van der Waals surface area contributed by atoms with E-state index >= 15 is 0 Å². The molecule has 1 aromatic carbocycles. The molecule has 0 saturated heterocycles. The molecule has 30 heavy (non-hydrogen) atoms. The van der Waals surface area contributed by atoms with Crippen molar-refractivity contribution in [3.63, 3.8) is 0 Å². The van der Waals surface area contributed by atoms with Crippen LogP contribution >= 0.6 is 11.8 Å². The van der Waals surface area contributed by atoms with Gasteiger partial charge in [0.15, 0.2) is 0 Å². The van der Waals surface area contributed by atoms with Crippen LogP contribution in [0.2, 0.25) is 0 Å².